The van der Waals surface area contributed by atoms with Crippen LogP contribution in [0.4, 0.5) is 5.69 Å². The molecular weight excluding hydrogens is 394 g/mol. The van der Waals surface area contributed by atoms with E-state index in [-0.39, 0.29) is 17.0 Å². The minimum Gasteiger partial charge on any atom is -0.486 e. The number of benzene rings is 1. The number of rotatable bonds is 3. The van der Waals surface area contributed by atoms with Crippen LogP contribution in [0.1, 0.15) is 5.69 Å². The van der Waals surface area contributed by atoms with E-state index < -0.39 is 10.0 Å². The highest BCUT2D eigenvalue weighted by molar-refractivity contribution is 7.89. The van der Waals surface area contributed by atoms with Crippen LogP contribution in [0.3, 0.4) is 0 Å². The van der Waals surface area contributed by atoms with Gasteiger partial charge in [-0.2, -0.15) is 4.31 Å². The Morgan fingerprint density at radius 2 is 1.86 bits per heavy atom. The summed E-state index contributed by atoms with van der Waals surface area (Å²) in [5.41, 5.74) is 1.98. The highest BCUT2D eigenvalue weighted by Crippen LogP contribution is 2.35. The number of morpholine rings is 1. The van der Waals surface area contributed by atoms with Crippen LogP contribution in [0.2, 0.25) is 0 Å². The fourth-order valence-corrected chi connectivity index (χ4v) is 5.70. The highest BCUT2D eigenvalue weighted by atomic mass is 32.2. The summed E-state index contributed by atoms with van der Waals surface area (Å²) in [4.78, 5) is 6.72. The van der Waals surface area contributed by atoms with Crippen LogP contribution < -0.4 is 14.4 Å². The van der Waals surface area contributed by atoms with Crippen molar-refractivity contribution in [3.05, 3.63) is 42.2 Å². The van der Waals surface area contributed by atoms with Gasteiger partial charge in [0.2, 0.25) is 10.0 Å². The quantitative estimate of drug-likeness (QED) is 0.747. The van der Waals surface area contributed by atoms with Crippen molar-refractivity contribution in [3.63, 3.8) is 0 Å². The van der Waals surface area contributed by atoms with Gasteiger partial charge in [0.25, 0.3) is 0 Å². The molecule has 1 aromatic heterocycles. The van der Waals surface area contributed by atoms with Crippen LogP contribution >= 0.6 is 0 Å². The van der Waals surface area contributed by atoms with Gasteiger partial charge in [0.15, 0.2) is 11.5 Å². The van der Waals surface area contributed by atoms with Gasteiger partial charge in [-0.1, -0.05) is 0 Å². The van der Waals surface area contributed by atoms with Crippen LogP contribution in [0, 0.1) is 6.92 Å². The number of aryl methyl sites for hydroxylation is 1. The molecule has 0 radical (unpaired) electrons. The maximum atomic E-state index is 13.3. The second-order valence-electron chi connectivity index (χ2n) is 7.45. The van der Waals surface area contributed by atoms with Crippen molar-refractivity contribution in [2.45, 2.75) is 24.0 Å². The van der Waals surface area contributed by atoms with Crippen molar-refractivity contribution in [2.75, 3.05) is 44.4 Å². The van der Waals surface area contributed by atoms with Gasteiger partial charge in [0, 0.05) is 43.3 Å². The average Bonchev–Trinajstić information content (AvgIpc) is 3.19. The van der Waals surface area contributed by atoms with Gasteiger partial charge in [0.05, 0.1) is 23.6 Å². The maximum absolute atomic E-state index is 13.3. The molecule has 0 N–H and O–H groups in total. The lowest BCUT2D eigenvalue weighted by Crippen LogP contribution is -2.51. The zero-order valence-electron chi connectivity index (χ0n) is 16.2. The zero-order chi connectivity index (χ0) is 20.0. The molecule has 9 heteroatoms. The number of hydrogen-bond donors (Lipinski definition) is 0. The number of pyridine rings is 1. The van der Waals surface area contributed by atoms with Gasteiger partial charge >= 0.3 is 0 Å². The van der Waals surface area contributed by atoms with Crippen LogP contribution in [-0.4, -0.2) is 69.3 Å². The second-order valence-corrected chi connectivity index (χ2v) is 9.39. The summed E-state index contributed by atoms with van der Waals surface area (Å²) in [5, 5.41) is 0. The molecule has 5 rings (SSSR count). The molecule has 1 aromatic carbocycles. The summed E-state index contributed by atoms with van der Waals surface area (Å²) >= 11 is 0. The summed E-state index contributed by atoms with van der Waals surface area (Å²) in [6.45, 7) is 4.84. The van der Waals surface area contributed by atoms with Crippen LogP contribution in [0.25, 0.3) is 0 Å². The Balaban J connectivity index is 1.41. The maximum Gasteiger partial charge on any atom is 0.243 e. The van der Waals surface area contributed by atoms with Crippen molar-refractivity contribution in [3.8, 4) is 11.5 Å². The minimum atomic E-state index is -3.67. The summed E-state index contributed by atoms with van der Waals surface area (Å²) in [6, 6.07) is 8.75. The van der Waals surface area contributed by atoms with E-state index in [1.807, 2.05) is 19.1 Å². The van der Waals surface area contributed by atoms with E-state index in [4.69, 9.17) is 14.2 Å². The summed E-state index contributed by atoms with van der Waals surface area (Å²) in [6.07, 6.45) is 1.62. The molecule has 3 aliphatic rings. The molecule has 0 spiro atoms. The average molecular weight is 417 g/mol. The number of ether oxygens (including phenoxy) is 3. The molecule has 29 heavy (non-hydrogen) atoms. The third kappa shape index (κ3) is 3.33. The minimum absolute atomic E-state index is 0.0301. The fourth-order valence-electron chi connectivity index (χ4n) is 4.21. The Bertz CT molecular complexity index is 1030. The SMILES string of the molecule is Cc1cc(N2CCO[C@H]3CN(S(=O)(=O)c4ccc5c(c4)OCCO5)C[C@@H]32)ccn1. The van der Waals surface area contributed by atoms with E-state index in [0.29, 0.717) is 44.4 Å². The monoisotopic (exact) mass is 417 g/mol. The molecule has 2 aromatic rings. The first-order valence-corrected chi connectivity index (χ1v) is 11.2. The molecule has 0 saturated carbocycles. The normalized spacial score (nSPS) is 24.4. The standard InChI is InChI=1S/C20H23N3O5S/c1-14-10-15(4-5-21-14)23-6-7-26-20-13-22(12-17(20)23)29(24,25)16-2-3-18-19(11-16)28-9-8-27-18/h2-5,10-11,17,20H,6-9,12-13H2,1H3/t17-,20-/m0/s1. The lowest BCUT2D eigenvalue weighted by molar-refractivity contribution is 0.0331. The molecule has 2 atom stereocenters. The fraction of sp³-hybridized carbons (Fsp3) is 0.450. The highest BCUT2D eigenvalue weighted by Gasteiger charge is 2.45. The van der Waals surface area contributed by atoms with E-state index in [1.54, 1.807) is 24.4 Å². The predicted molar refractivity (Wildman–Crippen MR) is 106 cm³/mol. The molecular formula is C20H23N3O5S. The summed E-state index contributed by atoms with van der Waals surface area (Å²) in [5.74, 6) is 1.05. The Morgan fingerprint density at radius 3 is 2.69 bits per heavy atom. The number of aromatic nitrogens is 1. The lowest BCUT2D eigenvalue weighted by atomic mass is 10.1. The van der Waals surface area contributed by atoms with Crippen molar-refractivity contribution < 1.29 is 22.6 Å². The second kappa shape index (κ2) is 7.16. The van der Waals surface area contributed by atoms with E-state index in [9.17, 15) is 8.42 Å². The van der Waals surface area contributed by atoms with Crippen LogP contribution in [0.15, 0.2) is 41.4 Å². The van der Waals surface area contributed by atoms with Crippen molar-refractivity contribution >= 4 is 15.7 Å². The molecule has 8 nitrogen and oxygen atoms in total. The summed E-state index contributed by atoms with van der Waals surface area (Å²) in [7, 11) is -3.67. The van der Waals surface area contributed by atoms with Gasteiger partial charge in [-0.05, 0) is 31.2 Å². The molecule has 0 aliphatic carbocycles. The van der Waals surface area contributed by atoms with Gasteiger partial charge in [-0.15, -0.1) is 0 Å². The Morgan fingerprint density at radius 1 is 1.03 bits per heavy atom. The van der Waals surface area contributed by atoms with Gasteiger partial charge in [0.1, 0.15) is 13.2 Å². The number of hydrogen-bond acceptors (Lipinski definition) is 7. The number of anilines is 1. The largest absolute Gasteiger partial charge is 0.486 e. The Labute approximate surface area is 170 Å². The first kappa shape index (κ1) is 18.7. The van der Waals surface area contributed by atoms with Crippen LogP contribution in [-0.2, 0) is 14.8 Å². The molecule has 0 amide bonds. The van der Waals surface area contributed by atoms with Gasteiger partial charge in [-0.3, -0.25) is 4.98 Å². The number of nitrogens with zero attached hydrogens (tertiary/aromatic N) is 3. The molecule has 2 saturated heterocycles. The van der Waals surface area contributed by atoms with Gasteiger partial charge < -0.3 is 19.1 Å². The molecule has 4 heterocycles. The number of sulfonamides is 1. The van der Waals surface area contributed by atoms with Crippen molar-refractivity contribution in [1.29, 1.82) is 0 Å². The predicted octanol–water partition coefficient (Wildman–Crippen LogP) is 1.44. The molecule has 3 aliphatic heterocycles. The van der Waals surface area contributed by atoms with E-state index in [0.717, 1.165) is 17.9 Å². The number of fused-ring (bicyclic) bond motifs is 2. The van der Waals surface area contributed by atoms with Gasteiger partial charge in [-0.25, -0.2) is 8.42 Å². The van der Waals surface area contributed by atoms with E-state index >= 15 is 0 Å². The zero-order valence-corrected chi connectivity index (χ0v) is 17.0. The topological polar surface area (TPSA) is 81.2 Å². The smallest absolute Gasteiger partial charge is 0.243 e. The first-order valence-electron chi connectivity index (χ1n) is 9.73. The third-order valence-corrected chi connectivity index (χ3v) is 7.46. The Hall–Kier alpha value is -2.36. The van der Waals surface area contributed by atoms with Crippen molar-refractivity contribution in [2.24, 2.45) is 0 Å². The van der Waals surface area contributed by atoms with Crippen molar-refractivity contribution in [1.82, 2.24) is 9.29 Å². The van der Waals surface area contributed by atoms with E-state index in [1.165, 1.54) is 4.31 Å². The lowest BCUT2D eigenvalue weighted by Gasteiger charge is -2.38. The molecule has 0 bridgehead atoms. The van der Waals surface area contributed by atoms with E-state index in [2.05, 4.69) is 9.88 Å². The van der Waals surface area contributed by atoms with Crippen LogP contribution in [0.5, 0.6) is 11.5 Å². The first-order chi connectivity index (χ1) is 14.0. The molecule has 2 fully saturated rings. The molecule has 0 unspecified atom stereocenters. The Kier molecular flexibility index (Phi) is 4.60. The molecule has 154 valence electrons. The third-order valence-electron chi connectivity index (χ3n) is 5.63. The summed E-state index contributed by atoms with van der Waals surface area (Å²) < 4.78 is 45.1.